The van der Waals surface area contributed by atoms with Crippen LogP contribution in [0, 0.1) is 0 Å². The molecule has 0 aromatic rings. The van der Waals surface area contributed by atoms with Crippen molar-refractivity contribution in [2.75, 3.05) is 6.61 Å². The van der Waals surface area contributed by atoms with E-state index in [-0.39, 0.29) is 19.0 Å². The molecule has 0 bridgehead atoms. The molecule has 0 saturated heterocycles. The molecule has 4 N–H and O–H groups in total. The Balaban J connectivity index is 0. The molecule has 0 fully saturated rings. The Labute approximate surface area is 144 Å². The van der Waals surface area contributed by atoms with E-state index < -0.39 is 11.1 Å². The number of rotatable bonds is 14. The smallest absolute Gasteiger partial charge is 0.0842 e. The summed E-state index contributed by atoms with van der Waals surface area (Å²) >= 11 is 0. The fourth-order valence-corrected chi connectivity index (χ4v) is 2.86. The molecule has 0 aliphatic heterocycles. The average Bonchev–Trinajstić information content (AvgIpc) is 2.40. The molecule has 1 unspecified atom stereocenters. The maximum Gasteiger partial charge on any atom is 0.0842 e. The number of nitrogens with two attached hydrogens (primary N) is 1. The molecule has 1 atom stereocenters. The molecular formula is C18H40ClNO2. The van der Waals surface area contributed by atoms with Gasteiger partial charge in [-0.15, -0.1) is 12.4 Å². The van der Waals surface area contributed by atoms with Gasteiger partial charge in [-0.25, -0.2) is 0 Å². The van der Waals surface area contributed by atoms with Crippen molar-refractivity contribution in [1.29, 1.82) is 0 Å². The van der Waals surface area contributed by atoms with Crippen LogP contribution in [-0.2, 0) is 0 Å². The van der Waals surface area contributed by atoms with Crippen LogP contribution in [0.25, 0.3) is 0 Å². The van der Waals surface area contributed by atoms with Gasteiger partial charge in [-0.1, -0.05) is 71.1 Å². The number of hydrogen-bond acceptors (Lipinski definition) is 3. The Morgan fingerprint density at radius 1 is 0.773 bits per heavy atom. The number of aliphatic hydroxyl groups excluding tert-OH is 1. The highest BCUT2D eigenvalue weighted by molar-refractivity contribution is 5.85. The Hall–Kier alpha value is 0.170. The SMILES string of the molecule is CCCCCCCCCCCCC(O)(CCO)C(C)(C)N.Cl. The van der Waals surface area contributed by atoms with E-state index >= 15 is 0 Å². The molecule has 0 aliphatic rings. The quantitative estimate of drug-likeness (QED) is 0.407. The predicted molar refractivity (Wildman–Crippen MR) is 98.6 cm³/mol. The molecule has 0 amide bonds. The van der Waals surface area contributed by atoms with Gasteiger partial charge in [0.15, 0.2) is 0 Å². The average molecular weight is 338 g/mol. The molecule has 22 heavy (non-hydrogen) atoms. The molecule has 0 aliphatic carbocycles. The Morgan fingerprint density at radius 2 is 1.18 bits per heavy atom. The summed E-state index contributed by atoms with van der Waals surface area (Å²) in [6, 6.07) is 0. The van der Waals surface area contributed by atoms with Crippen LogP contribution in [0.3, 0.4) is 0 Å². The first kappa shape index (κ1) is 24.4. The zero-order valence-electron chi connectivity index (χ0n) is 15.1. The van der Waals surface area contributed by atoms with Crippen molar-refractivity contribution in [1.82, 2.24) is 0 Å². The van der Waals surface area contributed by atoms with Crippen LogP contribution in [0.15, 0.2) is 0 Å². The lowest BCUT2D eigenvalue weighted by Crippen LogP contribution is -2.56. The first-order valence-corrected chi connectivity index (χ1v) is 8.99. The first-order chi connectivity index (χ1) is 9.87. The third kappa shape index (κ3) is 10.8. The van der Waals surface area contributed by atoms with Gasteiger partial charge < -0.3 is 15.9 Å². The van der Waals surface area contributed by atoms with Crippen LogP contribution in [0.4, 0.5) is 0 Å². The van der Waals surface area contributed by atoms with E-state index in [0.717, 1.165) is 12.8 Å². The molecule has 0 aromatic carbocycles. The lowest BCUT2D eigenvalue weighted by molar-refractivity contribution is -0.0483. The number of aliphatic hydroxyl groups is 2. The molecule has 0 aromatic heterocycles. The van der Waals surface area contributed by atoms with E-state index in [4.69, 9.17) is 10.8 Å². The predicted octanol–water partition coefficient (Wildman–Crippen LogP) is 4.57. The Bertz CT molecular complexity index is 244. The summed E-state index contributed by atoms with van der Waals surface area (Å²) in [5.41, 5.74) is 4.46. The van der Waals surface area contributed by atoms with Crippen LogP contribution in [0.1, 0.15) is 97.8 Å². The van der Waals surface area contributed by atoms with Gasteiger partial charge in [0.05, 0.1) is 5.60 Å². The number of unbranched alkanes of at least 4 members (excludes halogenated alkanes) is 9. The van der Waals surface area contributed by atoms with Crippen molar-refractivity contribution in [3.8, 4) is 0 Å². The fourth-order valence-electron chi connectivity index (χ4n) is 2.86. The third-order valence-electron chi connectivity index (χ3n) is 4.67. The van der Waals surface area contributed by atoms with Gasteiger partial charge in [-0.3, -0.25) is 0 Å². The second kappa shape index (κ2) is 13.6. The first-order valence-electron chi connectivity index (χ1n) is 8.99. The molecule has 4 heteroatoms. The maximum absolute atomic E-state index is 10.6. The van der Waals surface area contributed by atoms with Gasteiger partial charge in [-0.05, 0) is 20.3 Å². The van der Waals surface area contributed by atoms with Crippen molar-refractivity contribution in [3.05, 3.63) is 0 Å². The zero-order chi connectivity index (χ0) is 16.2. The normalized spacial score (nSPS) is 14.5. The van der Waals surface area contributed by atoms with Gasteiger partial charge >= 0.3 is 0 Å². The van der Waals surface area contributed by atoms with Crippen LogP contribution in [-0.4, -0.2) is 28.0 Å². The maximum atomic E-state index is 10.6. The van der Waals surface area contributed by atoms with E-state index in [1.54, 1.807) is 0 Å². The van der Waals surface area contributed by atoms with Crippen molar-refractivity contribution in [2.24, 2.45) is 5.73 Å². The summed E-state index contributed by atoms with van der Waals surface area (Å²) in [5, 5.41) is 19.7. The Morgan fingerprint density at radius 3 is 1.55 bits per heavy atom. The van der Waals surface area contributed by atoms with Gasteiger partial charge in [0, 0.05) is 18.6 Å². The zero-order valence-corrected chi connectivity index (χ0v) is 15.9. The molecule has 0 spiro atoms. The second-order valence-corrected chi connectivity index (χ2v) is 7.16. The van der Waals surface area contributed by atoms with Gasteiger partial charge in [0.25, 0.3) is 0 Å². The minimum atomic E-state index is -0.943. The number of halogens is 1. The summed E-state index contributed by atoms with van der Waals surface area (Å²) in [4.78, 5) is 0. The van der Waals surface area contributed by atoms with Crippen LogP contribution < -0.4 is 5.73 Å². The van der Waals surface area contributed by atoms with E-state index in [9.17, 15) is 5.11 Å². The molecule has 0 heterocycles. The molecule has 0 radical (unpaired) electrons. The molecule has 3 nitrogen and oxygen atoms in total. The third-order valence-corrected chi connectivity index (χ3v) is 4.67. The molecule has 0 rings (SSSR count). The summed E-state index contributed by atoms with van der Waals surface area (Å²) in [5.74, 6) is 0. The van der Waals surface area contributed by atoms with Gasteiger partial charge in [0.1, 0.15) is 0 Å². The lowest BCUT2D eigenvalue weighted by Gasteiger charge is -2.40. The van der Waals surface area contributed by atoms with Crippen molar-refractivity contribution in [2.45, 2.75) is 109 Å². The minimum Gasteiger partial charge on any atom is -0.396 e. The van der Waals surface area contributed by atoms with Crippen LogP contribution in [0.2, 0.25) is 0 Å². The number of hydrogen-bond donors (Lipinski definition) is 3. The summed E-state index contributed by atoms with van der Waals surface area (Å²) in [6.45, 7) is 5.94. The topological polar surface area (TPSA) is 66.5 Å². The highest BCUT2D eigenvalue weighted by Gasteiger charge is 2.39. The van der Waals surface area contributed by atoms with E-state index in [0.29, 0.717) is 12.8 Å². The summed E-state index contributed by atoms with van der Waals surface area (Å²) < 4.78 is 0. The van der Waals surface area contributed by atoms with Gasteiger partial charge in [0.2, 0.25) is 0 Å². The standard InChI is InChI=1S/C18H39NO2.ClH/c1-4-5-6-7-8-9-10-11-12-13-14-18(21,15-16-20)17(2,3)19;/h20-21H,4-16,19H2,1-3H3;1H. The minimum absolute atomic E-state index is 0. The molecule has 136 valence electrons. The highest BCUT2D eigenvalue weighted by atomic mass is 35.5. The van der Waals surface area contributed by atoms with Crippen molar-refractivity contribution >= 4 is 12.4 Å². The highest BCUT2D eigenvalue weighted by Crippen LogP contribution is 2.29. The molecular weight excluding hydrogens is 298 g/mol. The second-order valence-electron chi connectivity index (χ2n) is 7.16. The largest absolute Gasteiger partial charge is 0.396 e. The monoisotopic (exact) mass is 337 g/mol. The lowest BCUT2D eigenvalue weighted by atomic mass is 9.77. The summed E-state index contributed by atoms with van der Waals surface area (Å²) in [7, 11) is 0. The summed E-state index contributed by atoms with van der Waals surface area (Å²) in [6.07, 6.45) is 13.9. The molecule has 0 saturated carbocycles. The van der Waals surface area contributed by atoms with E-state index in [1.807, 2.05) is 13.8 Å². The van der Waals surface area contributed by atoms with E-state index in [1.165, 1.54) is 51.4 Å². The van der Waals surface area contributed by atoms with Crippen LogP contribution in [0.5, 0.6) is 0 Å². The van der Waals surface area contributed by atoms with Crippen LogP contribution >= 0.6 is 12.4 Å². The Kier molecular flexibility index (Phi) is 15.1. The van der Waals surface area contributed by atoms with Crippen molar-refractivity contribution in [3.63, 3.8) is 0 Å². The van der Waals surface area contributed by atoms with Gasteiger partial charge in [-0.2, -0.15) is 0 Å². The fraction of sp³-hybridized carbons (Fsp3) is 1.00. The van der Waals surface area contributed by atoms with E-state index in [2.05, 4.69) is 6.92 Å². The van der Waals surface area contributed by atoms with Crippen molar-refractivity contribution < 1.29 is 10.2 Å².